The van der Waals surface area contributed by atoms with Gasteiger partial charge in [-0.15, -0.1) is 0 Å². The summed E-state index contributed by atoms with van der Waals surface area (Å²) >= 11 is 0. The predicted octanol–water partition coefficient (Wildman–Crippen LogP) is 1.75. The molecule has 0 aliphatic rings. The van der Waals surface area contributed by atoms with Gasteiger partial charge in [-0.05, 0) is 43.7 Å². The Kier molecular flexibility index (Phi) is 4.28. The standard InChI is InChI=1S/C14H16N2O4S2/c1-10-6-7-14(11(2)8-10)16-22(19,20)13-5-3-4-12(9-13)21(15,17)18/h3-9,16H,1-2H3,(H2,15,17,18). The summed E-state index contributed by atoms with van der Waals surface area (Å²) in [6.07, 6.45) is 0. The summed E-state index contributed by atoms with van der Waals surface area (Å²) in [5.74, 6) is 0. The van der Waals surface area contributed by atoms with Gasteiger partial charge in [-0.25, -0.2) is 22.0 Å². The summed E-state index contributed by atoms with van der Waals surface area (Å²) in [7, 11) is -7.87. The van der Waals surface area contributed by atoms with Crippen LogP contribution in [0.5, 0.6) is 0 Å². The van der Waals surface area contributed by atoms with Crippen molar-refractivity contribution in [3.63, 3.8) is 0 Å². The van der Waals surface area contributed by atoms with Crippen LogP contribution >= 0.6 is 0 Å². The maximum absolute atomic E-state index is 12.4. The first kappa shape index (κ1) is 16.5. The average Bonchev–Trinajstić information content (AvgIpc) is 2.41. The van der Waals surface area contributed by atoms with Crippen LogP contribution < -0.4 is 9.86 Å². The zero-order chi connectivity index (χ0) is 16.5. The van der Waals surface area contributed by atoms with Crippen LogP contribution in [0, 0.1) is 13.8 Å². The lowest BCUT2D eigenvalue weighted by Crippen LogP contribution is -2.16. The van der Waals surface area contributed by atoms with Gasteiger partial charge in [0.25, 0.3) is 10.0 Å². The van der Waals surface area contributed by atoms with E-state index in [1.165, 1.54) is 18.2 Å². The van der Waals surface area contributed by atoms with Crippen molar-refractivity contribution in [2.24, 2.45) is 5.14 Å². The van der Waals surface area contributed by atoms with Crippen LogP contribution in [0.4, 0.5) is 5.69 Å². The summed E-state index contributed by atoms with van der Waals surface area (Å²) in [6.45, 7) is 3.69. The largest absolute Gasteiger partial charge is 0.279 e. The number of nitrogens with two attached hydrogens (primary N) is 1. The Balaban J connectivity index is 2.43. The highest BCUT2D eigenvalue weighted by Gasteiger charge is 2.18. The minimum atomic E-state index is -3.96. The number of primary sulfonamides is 1. The van der Waals surface area contributed by atoms with Crippen LogP contribution in [-0.2, 0) is 20.0 Å². The summed E-state index contributed by atoms with van der Waals surface area (Å²) in [4.78, 5) is -0.421. The van der Waals surface area contributed by atoms with E-state index in [0.29, 0.717) is 5.69 Å². The van der Waals surface area contributed by atoms with Crippen molar-refractivity contribution in [2.75, 3.05) is 4.72 Å². The molecule has 118 valence electrons. The smallest absolute Gasteiger partial charge is 0.261 e. The number of aryl methyl sites for hydroxylation is 2. The monoisotopic (exact) mass is 340 g/mol. The van der Waals surface area contributed by atoms with E-state index in [-0.39, 0.29) is 9.79 Å². The van der Waals surface area contributed by atoms with E-state index >= 15 is 0 Å². The highest BCUT2D eigenvalue weighted by Crippen LogP contribution is 2.22. The fourth-order valence-electron chi connectivity index (χ4n) is 1.95. The van der Waals surface area contributed by atoms with Crippen molar-refractivity contribution >= 4 is 25.7 Å². The number of sulfonamides is 2. The van der Waals surface area contributed by atoms with E-state index in [2.05, 4.69) is 4.72 Å². The number of benzene rings is 2. The van der Waals surface area contributed by atoms with Crippen molar-refractivity contribution < 1.29 is 16.8 Å². The molecule has 0 aliphatic carbocycles. The van der Waals surface area contributed by atoms with Gasteiger partial charge in [0.15, 0.2) is 0 Å². The Labute approximate surface area is 130 Å². The number of hydrogen-bond donors (Lipinski definition) is 2. The molecule has 0 saturated heterocycles. The molecule has 3 N–H and O–H groups in total. The zero-order valence-corrected chi connectivity index (χ0v) is 13.7. The first-order valence-electron chi connectivity index (χ1n) is 6.32. The molecule has 22 heavy (non-hydrogen) atoms. The van der Waals surface area contributed by atoms with Gasteiger partial charge in [-0.2, -0.15) is 0 Å². The number of nitrogens with one attached hydrogen (secondary N) is 1. The number of rotatable bonds is 4. The van der Waals surface area contributed by atoms with Crippen LogP contribution in [-0.4, -0.2) is 16.8 Å². The van der Waals surface area contributed by atoms with Crippen LogP contribution in [0.2, 0.25) is 0 Å². The average molecular weight is 340 g/mol. The molecular weight excluding hydrogens is 324 g/mol. The Morgan fingerprint density at radius 3 is 2.14 bits per heavy atom. The van der Waals surface area contributed by atoms with E-state index in [1.54, 1.807) is 19.1 Å². The summed E-state index contributed by atoms with van der Waals surface area (Å²) < 4.78 is 49.8. The van der Waals surface area contributed by atoms with Gasteiger partial charge in [0.05, 0.1) is 15.5 Å². The lowest BCUT2D eigenvalue weighted by Gasteiger charge is -2.11. The summed E-state index contributed by atoms with van der Waals surface area (Å²) in [5, 5.41) is 5.02. The molecule has 0 radical (unpaired) electrons. The van der Waals surface area contributed by atoms with Crippen molar-refractivity contribution in [3.8, 4) is 0 Å². The Bertz CT molecular complexity index is 920. The second kappa shape index (κ2) is 5.71. The van der Waals surface area contributed by atoms with Gasteiger partial charge in [-0.3, -0.25) is 4.72 Å². The fourth-order valence-corrected chi connectivity index (χ4v) is 3.76. The zero-order valence-electron chi connectivity index (χ0n) is 12.1. The minimum absolute atomic E-state index is 0.168. The van der Waals surface area contributed by atoms with Crippen molar-refractivity contribution in [1.29, 1.82) is 0 Å². The van der Waals surface area contributed by atoms with Crippen LogP contribution in [0.25, 0.3) is 0 Å². The SMILES string of the molecule is Cc1ccc(NS(=O)(=O)c2cccc(S(N)(=O)=O)c2)c(C)c1. The molecule has 0 aliphatic heterocycles. The van der Waals surface area contributed by atoms with Gasteiger partial charge in [0, 0.05) is 0 Å². The lowest BCUT2D eigenvalue weighted by molar-refractivity contribution is 0.597. The topological polar surface area (TPSA) is 106 Å². The second-order valence-electron chi connectivity index (χ2n) is 4.94. The Morgan fingerprint density at radius 1 is 0.909 bits per heavy atom. The van der Waals surface area contributed by atoms with E-state index in [4.69, 9.17) is 5.14 Å². The molecule has 0 amide bonds. The van der Waals surface area contributed by atoms with Gasteiger partial charge in [-0.1, -0.05) is 23.8 Å². The molecule has 2 aromatic rings. The van der Waals surface area contributed by atoms with E-state index in [1.807, 2.05) is 13.0 Å². The van der Waals surface area contributed by atoms with Crippen molar-refractivity contribution in [2.45, 2.75) is 23.6 Å². The molecule has 8 heteroatoms. The quantitative estimate of drug-likeness (QED) is 0.884. The molecule has 0 spiro atoms. The maximum Gasteiger partial charge on any atom is 0.261 e. The van der Waals surface area contributed by atoms with Gasteiger partial charge >= 0.3 is 0 Å². The molecule has 0 aromatic heterocycles. The van der Waals surface area contributed by atoms with E-state index in [9.17, 15) is 16.8 Å². The molecule has 0 bridgehead atoms. The molecule has 0 saturated carbocycles. The van der Waals surface area contributed by atoms with Crippen molar-refractivity contribution in [1.82, 2.24) is 0 Å². The molecule has 0 fully saturated rings. The fraction of sp³-hybridized carbons (Fsp3) is 0.143. The van der Waals surface area contributed by atoms with Crippen molar-refractivity contribution in [3.05, 3.63) is 53.6 Å². The predicted molar refractivity (Wildman–Crippen MR) is 84.5 cm³/mol. The summed E-state index contributed by atoms with van der Waals surface area (Å²) in [6, 6.07) is 10.2. The maximum atomic E-state index is 12.4. The Hall–Kier alpha value is -1.90. The minimum Gasteiger partial charge on any atom is -0.279 e. The van der Waals surface area contributed by atoms with Gasteiger partial charge in [0.2, 0.25) is 10.0 Å². The molecule has 6 nitrogen and oxygen atoms in total. The van der Waals surface area contributed by atoms with Gasteiger partial charge < -0.3 is 0 Å². The molecule has 2 aromatic carbocycles. The third kappa shape index (κ3) is 3.65. The second-order valence-corrected chi connectivity index (χ2v) is 8.19. The first-order chi connectivity index (χ1) is 10.1. The van der Waals surface area contributed by atoms with Gasteiger partial charge in [0.1, 0.15) is 0 Å². The number of anilines is 1. The summed E-state index contributed by atoms with van der Waals surface area (Å²) in [5.41, 5.74) is 2.22. The molecular formula is C14H16N2O4S2. The lowest BCUT2D eigenvalue weighted by atomic mass is 10.1. The normalized spacial score (nSPS) is 12.1. The Morgan fingerprint density at radius 2 is 1.55 bits per heavy atom. The highest BCUT2D eigenvalue weighted by atomic mass is 32.2. The highest BCUT2D eigenvalue weighted by molar-refractivity contribution is 7.93. The van der Waals surface area contributed by atoms with Crippen LogP contribution in [0.1, 0.15) is 11.1 Å². The van der Waals surface area contributed by atoms with Crippen LogP contribution in [0.3, 0.4) is 0 Å². The first-order valence-corrected chi connectivity index (χ1v) is 9.35. The number of hydrogen-bond acceptors (Lipinski definition) is 4. The molecule has 0 unspecified atom stereocenters. The molecule has 0 heterocycles. The van der Waals surface area contributed by atoms with Crippen LogP contribution in [0.15, 0.2) is 52.3 Å². The van der Waals surface area contributed by atoms with E-state index < -0.39 is 20.0 Å². The van der Waals surface area contributed by atoms with E-state index in [0.717, 1.165) is 17.2 Å². The molecule has 2 rings (SSSR count). The molecule has 0 atom stereocenters. The third-order valence-electron chi connectivity index (χ3n) is 3.07. The third-order valence-corrected chi connectivity index (χ3v) is 5.34.